The summed E-state index contributed by atoms with van der Waals surface area (Å²) in [6, 6.07) is 8.05. The second-order valence-corrected chi connectivity index (χ2v) is 4.12. The van der Waals surface area contributed by atoms with Crippen LogP contribution in [0.1, 0.15) is 18.2 Å². The van der Waals surface area contributed by atoms with E-state index in [4.69, 9.17) is 4.74 Å². The Labute approximate surface area is 102 Å². The smallest absolute Gasteiger partial charge is 0.118 e. The standard InChI is InChI=1S/C14H18N2O/c1-5-13-10(2)16(3)15-14(13)11-6-8-12(17-4)9-7-11/h6-9H,5H2,1-4H3. The first-order chi connectivity index (χ1) is 8.17. The number of rotatable bonds is 3. The van der Waals surface area contributed by atoms with Crippen molar-refractivity contribution in [3.05, 3.63) is 35.5 Å². The Balaban J connectivity index is 2.48. The van der Waals surface area contributed by atoms with Gasteiger partial charge in [-0.2, -0.15) is 5.10 Å². The Kier molecular flexibility index (Phi) is 3.18. The summed E-state index contributed by atoms with van der Waals surface area (Å²) in [5.41, 5.74) is 4.78. The molecule has 90 valence electrons. The van der Waals surface area contributed by atoms with E-state index in [1.165, 1.54) is 11.3 Å². The molecule has 0 spiro atoms. The van der Waals surface area contributed by atoms with E-state index in [-0.39, 0.29) is 0 Å². The van der Waals surface area contributed by atoms with E-state index in [0.717, 1.165) is 23.4 Å². The first-order valence-electron chi connectivity index (χ1n) is 5.84. The van der Waals surface area contributed by atoms with Gasteiger partial charge >= 0.3 is 0 Å². The topological polar surface area (TPSA) is 27.1 Å². The molecule has 0 saturated carbocycles. The van der Waals surface area contributed by atoms with Crippen LogP contribution in [0.5, 0.6) is 5.75 Å². The third kappa shape index (κ3) is 2.05. The van der Waals surface area contributed by atoms with Gasteiger partial charge in [-0.05, 0) is 37.6 Å². The van der Waals surface area contributed by atoms with Crippen molar-refractivity contribution in [2.24, 2.45) is 7.05 Å². The fourth-order valence-corrected chi connectivity index (χ4v) is 2.06. The molecule has 0 aliphatic heterocycles. The maximum atomic E-state index is 5.16. The third-order valence-electron chi connectivity index (χ3n) is 3.18. The zero-order valence-electron chi connectivity index (χ0n) is 10.8. The fourth-order valence-electron chi connectivity index (χ4n) is 2.06. The monoisotopic (exact) mass is 230 g/mol. The minimum absolute atomic E-state index is 0.874. The van der Waals surface area contributed by atoms with Gasteiger partial charge in [-0.25, -0.2) is 0 Å². The van der Waals surface area contributed by atoms with E-state index in [0.29, 0.717) is 0 Å². The van der Waals surface area contributed by atoms with Crippen molar-refractivity contribution in [2.75, 3.05) is 7.11 Å². The summed E-state index contributed by atoms with van der Waals surface area (Å²) in [5, 5.41) is 4.58. The van der Waals surface area contributed by atoms with Crippen molar-refractivity contribution < 1.29 is 4.74 Å². The van der Waals surface area contributed by atoms with E-state index >= 15 is 0 Å². The highest BCUT2D eigenvalue weighted by Gasteiger charge is 2.12. The summed E-state index contributed by atoms with van der Waals surface area (Å²) in [5.74, 6) is 0.874. The summed E-state index contributed by atoms with van der Waals surface area (Å²) in [6.45, 7) is 4.27. The Morgan fingerprint density at radius 2 is 1.88 bits per heavy atom. The minimum Gasteiger partial charge on any atom is -0.497 e. The average Bonchev–Trinajstić information content (AvgIpc) is 2.65. The van der Waals surface area contributed by atoms with Gasteiger partial charge in [0.15, 0.2) is 0 Å². The molecule has 0 radical (unpaired) electrons. The first kappa shape index (κ1) is 11.7. The van der Waals surface area contributed by atoms with E-state index in [9.17, 15) is 0 Å². The molecule has 3 heteroatoms. The molecular weight excluding hydrogens is 212 g/mol. The molecule has 3 nitrogen and oxygen atoms in total. The normalized spacial score (nSPS) is 10.6. The molecule has 17 heavy (non-hydrogen) atoms. The van der Waals surface area contributed by atoms with Crippen molar-refractivity contribution in [1.82, 2.24) is 9.78 Å². The van der Waals surface area contributed by atoms with Crippen LogP contribution in [-0.4, -0.2) is 16.9 Å². The lowest BCUT2D eigenvalue weighted by Gasteiger charge is -2.03. The van der Waals surface area contributed by atoms with Crippen molar-refractivity contribution in [3.63, 3.8) is 0 Å². The lowest BCUT2D eigenvalue weighted by molar-refractivity contribution is 0.415. The van der Waals surface area contributed by atoms with Crippen LogP contribution in [0.4, 0.5) is 0 Å². The maximum absolute atomic E-state index is 5.16. The van der Waals surface area contributed by atoms with Crippen LogP contribution in [0.25, 0.3) is 11.3 Å². The highest BCUT2D eigenvalue weighted by atomic mass is 16.5. The summed E-state index contributed by atoms with van der Waals surface area (Å²) in [7, 11) is 3.67. The van der Waals surface area contributed by atoms with Gasteiger partial charge in [-0.3, -0.25) is 4.68 Å². The molecule has 0 atom stereocenters. The predicted octanol–water partition coefficient (Wildman–Crippen LogP) is 2.97. The number of benzene rings is 1. The summed E-state index contributed by atoms with van der Waals surface area (Å²) < 4.78 is 7.11. The third-order valence-corrected chi connectivity index (χ3v) is 3.18. The second-order valence-electron chi connectivity index (χ2n) is 4.12. The molecule has 2 aromatic rings. The molecule has 0 fully saturated rings. The Morgan fingerprint density at radius 1 is 1.24 bits per heavy atom. The van der Waals surface area contributed by atoms with Gasteiger partial charge in [0.25, 0.3) is 0 Å². The number of aryl methyl sites for hydroxylation is 1. The van der Waals surface area contributed by atoms with Gasteiger partial charge in [0, 0.05) is 23.9 Å². The summed E-state index contributed by atoms with van der Waals surface area (Å²) in [4.78, 5) is 0. The number of aromatic nitrogens is 2. The molecule has 0 bridgehead atoms. The van der Waals surface area contributed by atoms with Gasteiger partial charge < -0.3 is 4.74 Å². The predicted molar refractivity (Wildman–Crippen MR) is 69.3 cm³/mol. The lowest BCUT2D eigenvalue weighted by atomic mass is 10.0. The molecule has 0 unspecified atom stereocenters. The average molecular weight is 230 g/mol. The molecule has 0 aliphatic carbocycles. The van der Waals surface area contributed by atoms with Crippen LogP contribution >= 0.6 is 0 Å². The van der Waals surface area contributed by atoms with Crippen LogP contribution < -0.4 is 4.74 Å². The van der Waals surface area contributed by atoms with E-state index in [1.54, 1.807) is 7.11 Å². The van der Waals surface area contributed by atoms with Crippen LogP contribution in [0, 0.1) is 6.92 Å². The quantitative estimate of drug-likeness (QED) is 0.810. The number of hydrogen-bond donors (Lipinski definition) is 0. The number of methoxy groups -OCH3 is 1. The van der Waals surface area contributed by atoms with Crippen molar-refractivity contribution >= 4 is 0 Å². The molecule has 0 saturated heterocycles. The fraction of sp³-hybridized carbons (Fsp3) is 0.357. The van der Waals surface area contributed by atoms with Crippen molar-refractivity contribution in [2.45, 2.75) is 20.3 Å². The molecule has 0 N–H and O–H groups in total. The van der Waals surface area contributed by atoms with Crippen molar-refractivity contribution in [3.8, 4) is 17.0 Å². The number of ether oxygens (including phenoxy) is 1. The van der Waals surface area contributed by atoms with Gasteiger partial charge in [-0.1, -0.05) is 6.92 Å². The highest BCUT2D eigenvalue weighted by Crippen LogP contribution is 2.26. The molecule has 1 aromatic heterocycles. The van der Waals surface area contributed by atoms with Gasteiger partial charge in [0.05, 0.1) is 12.8 Å². The first-order valence-corrected chi connectivity index (χ1v) is 5.84. The number of hydrogen-bond acceptors (Lipinski definition) is 2. The van der Waals surface area contributed by atoms with Crippen LogP contribution in [-0.2, 0) is 13.5 Å². The summed E-state index contributed by atoms with van der Waals surface area (Å²) >= 11 is 0. The van der Waals surface area contributed by atoms with Crippen molar-refractivity contribution in [1.29, 1.82) is 0 Å². The van der Waals surface area contributed by atoms with Crippen LogP contribution in [0.2, 0.25) is 0 Å². The molecule has 0 amide bonds. The number of nitrogens with zero attached hydrogens (tertiary/aromatic N) is 2. The molecular formula is C14H18N2O. The largest absolute Gasteiger partial charge is 0.497 e. The van der Waals surface area contributed by atoms with E-state index in [2.05, 4.69) is 31.1 Å². The van der Waals surface area contributed by atoms with E-state index < -0.39 is 0 Å². The molecule has 1 heterocycles. The molecule has 1 aromatic carbocycles. The SMILES string of the molecule is CCc1c(-c2ccc(OC)cc2)nn(C)c1C. The van der Waals surface area contributed by atoms with E-state index in [1.807, 2.05) is 23.9 Å². The molecule has 0 aliphatic rings. The lowest BCUT2D eigenvalue weighted by Crippen LogP contribution is -1.93. The van der Waals surface area contributed by atoms with Crippen LogP contribution in [0.3, 0.4) is 0 Å². The zero-order chi connectivity index (χ0) is 12.4. The minimum atomic E-state index is 0.874. The van der Waals surface area contributed by atoms with Gasteiger partial charge in [0.2, 0.25) is 0 Å². The van der Waals surface area contributed by atoms with Crippen LogP contribution in [0.15, 0.2) is 24.3 Å². The Bertz CT molecular complexity index is 512. The van der Waals surface area contributed by atoms with Gasteiger partial charge in [-0.15, -0.1) is 0 Å². The van der Waals surface area contributed by atoms with Gasteiger partial charge in [0.1, 0.15) is 5.75 Å². The summed E-state index contributed by atoms with van der Waals surface area (Å²) in [6.07, 6.45) is 1.00. The zero-order valence-corrected chi connectivity index (χ0v) is 10.8. The maximum Gasteiger partial charge on any atom is 0.118 e. The Morgan fingerprint density at radius 3 is 2.41 bits per heavy atom. The Hall–Kier alpha value is -1.77. The highest BCUT2D eigenvalue weighted by molar-refractivity contribution is 5.64. The second kappa shape index (κ2) is 4.62. The molecule has 2 rings (SSSR count).